The topological polar surface area (TPSA) is 66.0 Å². The van der Waals surface area contributed by atoms with Gasteiger partial charge in [0.05, 0.1) is 5.02 Å². The van der Waals surface area contributed by atoms with Crippen LogP contribution in [0, 0.1) is 0 Å². The lowest BCUT2D eigenvalue weighted by atomic mass is 10.1. The van der Waals surface area contributed by atoms with Crippen molar-refractivity contribution in [1.82, 2.24) is 14.8 Å². The van der Waals surface area contributed by atoms with Gasteiger partial charge in [-0.15, -0.1) is 0 Å². The second-order valence-corrected chi connectivity index (χ2v) is 4.26. The smallest absolute Gasteiger partial charge is 0.164 e. The molecule has 0 unspecified atom stereocenters. The maximum atomic E-state index is 6.14. The zero-order valence-electron chi connectivity index (χ0n) is 10.1. The van der Waals surface area contributed by atoms with Gasteiger partial charge in [0, 0.05) is 7.05 Å². The van der Waals surface area contributed by atoms with Crippen LogP contribution in [0.2, 0.25) is 5.02 Å². The maximum Gasteiger partial charge on any atom is 0.164 e. The second-order valence-electron chi connectivity index (χ2n) is 3.86. The van der Waals surface area contributed by atoms with Gasteiger partial charge in [-0.1, -0.05) is 23.7 Å². The van der Waals surface area contributed by atoms with Crippen molar-refractivity contribution in [2.75, 3.05) is 6.54 Å². The van der Waals surface area contributed by atoms with Crippen LogP contribution >= 0.6 is 11.6 Å². The van der Waals surface area contributed by atoms with Gasteiger partial charge in [0.15, 0.2) is 5.82 Å². The van der Waals surface area contributed by atoms with Gasteiger partial charge in [0.2, 0.25) is 0 Å². The molecular weight excluding hydrogens is 252 g/mol. The van der Waals surface area contributed by atoms with E-state index in [-0.39, 0.29) is 0 Å². The highest BCUT2D eigenvalue weighted by Crippen LogP contribution is 2.29. The fourth-order valence-corrected chi connectivity index (χ4v) is 1.90. The van der Waals surface area contributed by atoms with Crippen molar-refractivity contribution in [2.24, 2.45) is 12.8 Å². The number of ether oxygens (including phenoxy) is 1. The molecule has 1 heterocycles. The lowest BCUT2D eigenvalue weighted by Crippen LogP contribution is -2.08. The first-order valence-corrected chi connectivity index (χ1v) is 6.03. The Morgan fingerprint density at radius 2 is 2.28 bits per heavy atom. The van der Waals surface area contributed by atoms with E-state index in [2.05, 4.69) is 10.1 Å². The maximum absolute atomic E-state index is 6.14. The van der Waals surface area contributed by atoms with E-state index in [9.17, 15) is 0 Å². The quantitative estimate of drug-likeness (QED) is 0.892. The van der Waals surface area contributed by atoms with E-state index >= 15 is 0 Å². The van der Waals surface area contributed by atoms with E-state index in [1.165, 1.54) is 6.33 Å². The number of para-hydroxylation sites is 1. The number of aryl methyl sites for hydroxylation is 1. The van der Waals surface area contributed by atoms with Crippen LogP contribution in [-0.4, -0.2) is 21.3 Å². The molecule has 2 rings (SSSR count). The second kappa shape index (κ2) is 5.84. The van der Waals surface area contributed by atoms with Crippen LogP contribution in [0.5, 0.6) is 5.75 Å². The molecule has 0 saturated heterocycles. The van der Waals surface area contributed by atoms with Crippen LogP contribution in [0.4, 0.5) is 0 Å². The van der Waals surface area contributed by atoms with Crippen LogP contribution < -0.4 is 10.5 Å². The molecule has 2 N–H and O–H groups in total. The van der Waals surface area contributed by atoms with Gasteiger partial charge in [-0.3, -0.25) is 4.68 Å². The summed E-state index contributed by atoms with van der Waals surface area (Å²) in [6.07, 6.45) is 2.22. The molecular formula is C12H15ClN4O. The molecule has 0 atom stereocenters. The van der Waals surface area contributed by atoms with Crippen LogP contribution in [0.15, 0.2) is 24.5 Å². The molecule has 1 aromatic carbocycles. The third-order valence-corrected chi connectivity index (χ3v) is 2.91. The third kappa shape index (κ3) is 2.80. The van der Waals surface area contributed by atoms with Crippen LogP contribution in [0.1, 0.15) is 11.4 Å². The zero-order chi connectivity index (χ0) is 13.0. The first kappa shape index (κ1) is 12.9. The normalized spacial score (nSPS) is 10.6. The number of hydrogen-bond acceptors (Lipinski definition) is 4. The minimum absolute atomic E-state index is 0.331. The van der Waals surface area contributed by atoms with Gasteiger partial charge < -0.3 is 10.5 Å². The molecule has 96 valence electrons. The molecule has 2 aromatic rings. The fourth-order valence-electron chi connectivity index (χ4n) is 1.66. The highest BCUT2D eigenvalue weighted by atomic mass is 35.5. The van der Waals surface area contributed by atoms with Gasteiger partial charge in [-0.25, -0.2) is 4.98 Å². The van der Waals surface area contributed by atoms with E-state index < -0.39 is 0 Å². The van der Waals surface area contributed by atoms with E-state index in [1.807, 2.05) is 19.2 Å². The van der Waals surface area contributed by atoms with E-state index in [1.54, 1.807) is 10.7 Å². The van der Waals surface area contributed by atoms with Crippen molar-refractivity contribution in [1.29, 1.82) is 0 Å². The van der Waals surface area contributed by atoms with Crippen molar-refractivity contribution >= 4 is 11.6 Å². The van der Waals surface area contributed by atoms with E-state index in [4.69, 9.17) is 22.1 Å². The molecule has 0 saturated carbocycles. The van der Waals surface area contributed by atoms with Crippen LogP contribution in [0.25, 0.3) is 0 Å². The Labute approximate surface area is 111 Å². The Morgan fingerprint density at radius 1 is 1.44 bits per heavy atom. The lowest BCUT2D eigenvalue weighted by molar-refractivity contribution is 0.287. The molecule has 0 bridgehead atoms. The SMILES string of the molecule is Cn1ncnc1COc1c(Cl)cccc1CCN. The standard InChI is InChI=1S/C12H15ClN4O/c1-17-11(15-8-16-17)7-18-12-9(5-6-14)3-2-4-10(12)13/h2-4,8H,5-7,14H2,1H3. The highest BCUT2D eigenvalue weighted by molar-refractivity contribution is 6.32. The largest absolute Gasteiger partial charge is 0.484 e. The molecule has 1 aromatic heterocycles. The fraction of sp³-hybridized carbons (Fsp3) is 0.333. The number of aromatic nitrogens is 3. The monoisotopic (exact) mass is 266 g/mol. The molecule has 6 heteroatoms. The molecule has 5 nitrogen and oxygen atoms in total. The summed E-state index contributed by atoms with van der Waals surface area (Å²) in [4.78, 5) is 4.10. The molecule has 0 spiro atoms. The molecule has 18 heavy (non-hydrogen) atoms. The van der Waals surface area contributed by atoms with Crippen molar-refractivity contribution in [3.63, 3.8) is 0 Å². The summed E-state index contributed by atoms with van der Waals surface area (Å²) < 4.78 is 7.40. The molecule has 0 aliphatic carbocycles. The summed E-state index contributed by atoms with van der Waals surface area (Å²) in [5, 5.41) is 4.57. The molecule has 0 aliphatic rings. The minimum Gasteiger partial charge on any atom is -0.484 e. The summed E-state index contributed by atoms with van der Waals surface area (Å²) in [5.74, 6) is 1.42. The predicted octanol–water partition coefficient (Wildman–Crippen LogP) is 1.55. The summed E-state index contributed by atoms with van der Waals surface area (Å²) in [7, 11) is 1.82. The van der Waals surface area contributed by atoms with Crippen molar-refractivity contribution in [2.45, 2.75) is 13.0 Å². The highest BCUT2D eigenvalue weighted by Gasteiger charge is 2.09. The number of nitrogens with two attached hydrogens (primary N) is 1. The van der Waals surface area contributed by atoms with Crippen molar-refractivity contribution < 1.29 is 4.74 Å². The van der Waals surface area contributed by atoms with E-state index in [0.29, 0.717) is 23.9 Å². The predicted molar refractivity (Wildman–Crippen MR) is 69.5 cm³/mol. The average Bonchev–Trinajstić information content (AvgIpc) is 2.75. The van der Waals surface area contributed by atoms with Crippen molar-refractivity contribution in [3.8, 4) is 5.75 Å². The van der Waals surface area contributed by atoms with Gasteiger partial charge >= 0.3 is 0 Å². The summed E-state index contributed by atoms with van der Waals surface area (Å²) in [5.41, 5.74) is 6.58. The minimum atomic E-state index is 0.331. The van der Waals surface area contributed by atoms with E-state index in [0.717, 1.165) is 17.8 Å². The molecule has 0 fully saturated rings. The van der Waals surface area contributed by atoms with Crippen molar-refractivity contribution in [3.05, 3.63) is 40.9 Å². The Bertz CT molecular complexity index is 527. The first-order valence-electron chi connectivity index (χ1n) is 5.65. The molecule has 0 radical (unpaired) electrons. The van der Waals surface area contributed by atoms with Gasteiger partial charge in [-0.2, -0.15) is 5.10 Å². The Morgan fingerprint density at radius 3 is 2.94 bits per heavy atom. The van der Waals surface area contributed by atoms with Crippen LogP contribution in [-0.2, 0) is 20.1 Å². The summed E-state index contributed by atoms with van der Waals surface area (Å²) in [6, 6.07) is 5.65. The molecule has 0 amide bonds. The van der Waals surface area contributed by atoms with Gasteiger partial charge in [0.1, 0.15) is 18.7 Å². The zero-order valence-corrected chi connectivity index (χ0v) is 10.9. The number of hydrogen-bond donors (Lipinski definition) is 1. The average molecular weight is 267 g/mol. The van der Waals surface area contributed by atoms with Gasteiger partial charge in [0.25, 0.3) is 0 Å². The number of rotatable bonds is 5. The van der Waals surface area contributed by atoms with Gasteiger partial charge in [-0.05, 0) is 24.6 Å². The molecule has 0 aliphatic heterocycles. The summed E-state index contributed by atoms with van der Waals surface area (Å²) >= 11 is 6.14. The number of nitrogens with zero attached hydrogens (tertiary/aromatic N) is 3. The Kier molecular flexibility index (Phi) is 4.17. The number of benzene rings is 1. The summed E-state index contributed by atoms with van der Waals surface area (Å²) in [6.45, 7) is 0.887. The van der Waals surface area contributed by atoms with Crippen LogP contribution in [0.3, 0.4) is 0 Å². The first-order chi connectivity index (χ1) is 8.72. The lowest BCUT2D eigenvalue weighted by Gasteiger charge is -2.12. The third-order valence-electron chi connectivity index (χ3n) is 2.61. The number of halogens is 1. The Hall–Kier alpha value is -1.59. The Balaban J connectivity index is 2.15.